The maximum Gasteiger partial charge on any atom is 0.410 e. The molecule has 0 saturated carbocycles. The van der Waals surface area contributed by atoms with Gasteiger partial charge in [0.25, 0.3) is 0 Å². The first-order valence-corrected chi connectivity index (χ1v) is 9.82. The molecule has 23 heavy (non-hydrogen) atoms. The quantitative estimate of drug-likeness (QED) is 0.815. The van der Waals surface area contributed by atoms with Crippen LogP contribution in [-0.4, -0.2) is 56.1 Å². The van der Waals surface area contributed by atoms with Gasteiger partial charge < -0.3 is 14.4 Å². The molecule has 2 fully saturated rings. The van der Waals surface area contributed by atoms with Crippen LogP contribution >= 0.6 is 0 Å². The van der Waals surface area contributed by atoms with E-state index >= 15 is 0 Å². The summed E-state index contributed by atoms with van der Waals surface area (Å²) in [6, 6.07) is 0. The lowest BCUT2D eigenvalue weighted by Gasteiger charge is -2.46. The number of hydrogen-bond acceptors (Lipinski definition) is 5. The van der Waals surface area contributed by atoms with Gasteiger partial charge in [0.05, 0.1) is 11.4 Å². The summed E-state index contributed by atoms with van der Waals surface area (Å²) in [7, 11) is -3.46. The number of rotatable bonds is 2. The molecule has 2 N–H and O–H groups in total. The van der Waals surface area contributed by atoms with E-state index in [1.165, 1.54) is 0 Å². The van der Waals surface area contributed by atoms with Crippen LogP contribution in [-0.2, 0) is 19.5 Å². The van der Waals surface area contributed by atoms with Crippen LogP contribution in [0.1, 0.15) is 46.5 Å². The van der Waals surface area contributed by atoms with E-state index < -0.39 is 15.6 Å². The third-order valence-corrected chi connectivity index (χ3v) is 5.33. The number of piperidine rings is 1. The molecule has 2 heterocycles. The van der Waals surface area contributed by atoms with Crippen LogP contribution in [0.5, 0.6) is 0 Å². The maximum absolute atomic E-state index is 12.1. The summed E-state index contributed by atoms with van der Waals surface area (Å²) in [6.45, 7) is 7.22. The number of carbonyl (C=O) groups excluding carboxylic acids is 1. The zero-order valence-corrected chi connectivity index (χ0v) is 15.0. The largest absolute Gasteiger partial charge is 0.444 e. The molecule has 0 aromatic rings. The minimum absolute atomic E-state index is 0.00783. The summed E-state index contributed by atoms with van der Waals surface area (Å²) in [5.74, 6) is 0.0419. The molecule has 1 amide bonds. The molecule has 0 aliphatic carbocycles. The fourth-order valence-electron chi connectivity index (χ4n) is 3.37. The van der Waals surface area contributed by atoms with Gasteiger partial charge in [0, 0.05) is 19.7 Å². The number of primary sulfonamides is 1. The van der Waals surface area contributed by atoms with Crippen molar-refractivity contribution in [2.45, 2.75) is 57.7 Å². The van der Waals surface area contributed by atoms with Crippen LogP contribution < -0.4 is 5.14 Å². The Morgan fingerprint density at radius 1 is 1.35 bits per heavy atom. The van der Waals surface area contributed by atoms with Gasteiger partial charge in [-0.15, -0.1) is 0 Å². The van der Waals surface area contributed by atoms with Crippen molar-refractivity contribution in [3.63, 3.8) is 0 Å². The number of carbonyl (C=O) groups is 1. The molecule has 2 rings (SSSR count). The minimum Gasteiger partial charge on any atom is -0.444 e. The van der Waals surface area contributed by atoms with Gasteiger partial charge >= 0.3 is 6.09 Å². The van der Waals surface area contributed by atoms with E-state index in [0.717, 1.165) is 0 Å². The molecule has 0 aromatic heterocycles. The van der Waals surface area contributed by atoms with Gasteiger partial charge in [-0.1, -0.05) is 0 Å². The fraction of sp³-hybridized carbons (Fsp3) is 0.933. The van der Waals surface area contributed by atoms with E-state index in [0.29, 0.717) is 45.4 Å². The number of likely N-dealkylation sites (tertiary alicyclic amines) is 1. The number of nitrogens with two attached hydrogens (primary N) is 1. The Bertz CT molecular complexity index is 533. The first-order chi connectivity index (χ1) is 10.5. The molecular weight excluding hydrogens is 320 g/mol. The van der Waals surface area contributed by atoms with Crippen LogP contribution in [0.3, 0.4) is 0 Å². The molecule has 1 atom stereocenters. The molecular formula is C15H28N2O5S. The number of nitrogens with zero attached hydrogens (tertiary/aromatic N) is 1. The van der Waals surface area contributed by atoms with Gasteiger partial charge in [-0.05, 0) is 52.4 Å². The predicted molar refractivity (Wildman–Crippen MR) is 86.4 cm³/mol. The lowest BCUT2D eigenvalue weighted by atomic mass is 9.80. The topological polar surface area (TPSA) is 98.9 Å². The van der Waals surface area contributed by atoms with Crippen molar-refractivity contribution >= 4 is 16.1 Å². The van der Waals surface area contributed by atoms with Crippen LogP contribution in [0, 0.1) is 5.92 Å². The molecule has 2 aliphatic heterocycles. The molecule has 1 spiro atoms. The Hall–Kier alpha value is -0.860. The molecule has 0 aromatic carbocycles. The number of sulfonamides is 1. The van der Waals surface area contributed by atoms with Gasteiger partial charge in [0.15, 0.2) is 0 Å². The average Bonchev–Trinajstić information content (AvgIpc) is 2.35. The standard InChI is InChI=1S/C15H28N2O5S/c1-14(2,3)22-13(18)17-7-5-15(6-8-17)10-12(4-9-21-15)11-23(16,19)20/h12H,4-11H2,1-3H3,(H2,16,19,20). The highest BCUT2D eigenvalue weighted by molar-refractivity contribution is 7.89. The second kappa shape index (κ2) is 6.57. The first-order valence-electron chi connectivity index (χ1n) is 8.10. The zero-order valence-electron chi connectivity index (χ0n) is 14.2. The average molecular weight is 348 g/mol. The molecule has 8 heteroatoms. The van der Waals surface area contributed by atoms with Crippen LogP contribution in [0.15, 0.2) is 0 Å². The number of ether oxygens (including phenoxy) is 2. The van der Waals surface area contributed by atoms with Gasteiger partial charge in [0.2, 0.25) is 10.0 Å². The fourth-order valence-corrected chi connectivity index (χ4v) is 4.31. The monoisotopic (exact) mass is 348 g/mol. The molecule has 1 unspecified atom stereocenters. The molecule has 0 bridgehead atoms. The Labute approximate surface area is 138 Å². The van der Waals surface area contributed by atoms with E-state index in [1.54, 1.807) is 4.90 Å². The van der Waals surface area contributed by atoms with Crippen LogP contribution in [0.4, 0.5) is 4.79 Å². The third-order valence-electron chi connectivity index (χ3n) is 4.39. The van der Waals surface area contributed by atoms with E-state index in [1.807, 2.05) is 20.8 Å². The molecule has 7 nitrogen and oxygen atoms in total. The van der Waals surface area contributed by atoms with E-state index in [2.05, 4.69) is 0 Å². The van der Waals surface area contributed by atoms with Crippen molar-refractivity contribution in [3.05, 3.63) is 0 Å². The van der Waals surface area contributed by atoms with Crippen molar-refractivity contribution in [1.29, 1.82) is 0 Å². The normalized spacial score (nSPS) is 25.4. The van der Waals surface area contributed by atoms with Gasteiger partial charge in [0.1, 0.15) is 5.60 Å². The van der Waals surface area contributed by atoms with Crippen molar-refractivity contribution in [2.24, 2.45) is 11.1 Å². The van der Waals surface area contributed by atoms with Crippen molar-refractivity contribution in [1.82, 2.24) is 4.90 Å². The second-order valence-corrected chi connectivity index (χ2v) is 9.35. The van der Waals surface area contributed by atoms with Crippen LogP contribution in [0.25, 0.3) is 0 Å². The van der Waals surface area contributed by atoms with Crippen molar-refractivity contribution in [3.8, 4) is 0 Å². The summed E-state index contributed by atoms with van der Waals surface area (Å²) >= 11 is 0. The summed E-state index contributed by atoms with van der Waals surface area (Å²) in [5, 5.41) is 5.17. The van der Waals surface area contributed by atoms with Crippen molar-refractivity contribution < 1.29 is 22.7 Å². The van der Waals surface area contributed by atoms with Crippen molar-refractivity contribution in [2.75, 3.05) is 25.4 Å². The Morgan fingerprint density at radius 3 is 2.48 bits per heavy atom. The second-order valence-electron chi connectivity index (χ2n) is 7.69. The van der Waals surface area contributed by atoms with E-state index in [4.69, 9.17) is 14.6 Å². The Balaban J connectivity index is 1.91. The Kier molecular flexibility index (Phi) is 5.27. The molecule has 0 radical (unpaired) electrons. The predicted octanol–water partition coefficient (Wildman–Crippen LogP) is 1.47. The van der Waals surface area contributed by atoms with Gasteiger partial charge in [-0.3, -0.25) is 0 Å². The first kappa shape index (κ1) is 18.5. The lowest BCUT2D eigenvalue weighted by molar-refractivity contribution is -0.123. The Morgan fingerprint density at radius 2 is 1.96 bits per heavy atom. The smallest absolute Gasteiger partial charge is 0.410 e. The molecule has 134 valence electrons. The third kappa shape index (κ3) is 5.61. The van der Waals surface area contributed by atoms with Gasteiger partial charge in [-0.25, -0.2) is 18.4 Å². The molecule has 2 aliphatic rings. The SMILES string of the molecule is CC(C)(C)OC(=O)N1CCC2(CC1)CC(CS(N)(=O)=O)CCO2. The summed E-state index contributed by atoms with van der Waals surface area (Å²) in [5.41, 5.74) is -0.833. The van der Waals surface area contributed by atoms with E-state index in [9.17, 15) is 13.2 Å². The van der Waals surface area contributed by atoms with Crippen LogP contribution in [0.2, 0.25) is 0 Å². The summed E-state index contributed by atoms with van der Waals surface area (Å²) < 4.78 is 34.0. The number of hydrogen-bond donors (Lipinski definition) is 1. The molecule has 2 saturated heterocycles. The highest BCUT2D eigenvalue weighted by Crippen LogP contribution is 2.38. The number of amides is 1. The van der Waals surface area contributed by atoms with E-state index in [-0.39, 0.29) is 23.4 Å². The highest BCUT2D eigenvalue weighted by Gasteiger charge is 2.42. The summed E-state index contributed by atoms with van der Waals surface area (Å²) in [6.07, 6.45) is 2.50. The highest BCUT2D eigenvalue weighted by atomic mass is 32.2. The van der Waals surface area contributed by atoms with Gasteiger partial charge in [-0.2, -0.15) is 0 Å². The lowest BCUT2D eigenvalue weighted by Crippen LogP contribution is -2.52. The zero-order chi connectivity index (χ0) is 17.3. The minimum atomic E-state index is -3.46. The maximum atomic E-state index is 12.1. The summed E-state index contributed by atoms with van der Waals surface area (Å²) in [4.78, 5) is 13.8.